The van der Waals surface area contributed by atoms with E-state index in [-0.39, 0.29) is 29.9 Å². The zero-order valence-electron chi connectivity index (χ0n) is 10.7. The Morgan fingerprint density at radius 1 is 1.37 bits per heavy atom. The molecule has 1 heterocycles. The Labute approximate surface area is 121 Å². The third-order valence-electron chi connectivity index (χ3n) is 3.54. The van der Waals surface area contributed by atoms with Gasteiger partial charge >= 0.3 is 0 Å². The summed E-state index contributed by atoms with van der Waals surface area (Å²) in [5.74, 6) is -0.228. The van der Waals surface area contributed by atoms with Crippen molar-refractivity contribution in [2.24, 2.45) is 0 Å². The number of benzene rings is 1. The van der Waals surface area contributed by atoms with Gasteiger partial charge in [-0.15, -0.1) is 0 Å². The molecule has 19 heavy (non-hydrogen) atoms. The lowest BCUT2D eigenvalue weighted by molar-refractivity contribution is 0.0597. The third kappa shape index (κ3) is 3.28. The lowest BCUT2D eigenvalue weighted by Crippen LogP contribution is -2.42. The molecule has 5 heteroatoms. The van der Waals surface area contributed by atoms with Crippen LogP contribution in [0.4, 0.5) is 0 Å². The molecule has 0 bridgehead atoms. The number of aliphatic hydroxyl groups is 1. The van der Waals surface area contributed by atoms with Gasteiger partial charge in [0.05, 0.1) is 18.2 Å². The highest BCUT2D eigenvalue weighted by Crippen LogP contribution is 2.26. The van der Waals surface area contributed by atoms with E-state index >= 15 is 0 Å². The predicted octanol–water partition coefficient (Wildman–Crippen LogP) is 2.53. The van der Waals surface area contributed by atoms with Crippen LogP contribution in [-0.4, -0.2) is 40.2 Å². The third-order valence-corrected chi connectivity index (χ3v) is 4.03. The second-order valence-corrected chi connectivity index (χ2v) is 5.76. The normalized spacial score (nSPS) is 20.1. The predicted molar refractivity (Wildman–Crippen MR) is 76.2 cm³/mol. The maximum absolute atomic E-state index is 12.5. The first kappa shape index (κ1) is 14.3. The molecular weight excluding hydrogens is 310 g/mol. The summed E-state index contributed by atoms with van der Waals surface area (Å²) in [6.07, 6.45) is 3.86. The Morgan fingerprint density at radius 2 is 2.16 bits per heavy atom. The molecule has 1 atom stereocenters. The topological polar surface area (TPSA) is 60.8 Å². The summed E-state index contributed by atoms with van der Waals surface area (Å²) in [5.41, 5.74) is 0.287. The molecule has 0 aromatic heterocycles. The lowest BCUT2D eigenvalue weighted by atomic mass is 10.1. The van der Waals surface area contributed by atoms with Crippen LogP contribution in [-0.2, 0) is 0 Å². The van der Waals surface area contributed by atoms with Crippen LogP contribution in [0.5, 0.6) is 5.75 Å². The minimum Gasteiger partial charge on any atom is -0.507 e. The van der Waals surface area contributed by atoms with Crippen LogP contribution < -0.4 is 0 Å². The van der Waals surface area contributed by atoms with Crippen LogP contribution in [0.2, 0.25) is 0 Å². The second kappa shape index (κ2) is 6.39. The van der Waals surface area contributed by atoms with Crippen LogP contribution >= 0.6 is 15.9 Å². The first-order valence-electron chi connectivity index (χ1n) is 6.54. The molecule has 1 aromatic carbocycles. The zero-order valence-corrected chi connectivity index (χ0v) is 12.3. The summed E-state index contributed by atoms with van der Waals surface area (Å²) in [5, 5.41) is 19.3. The molecule has 1 saturated heterocycles. The molecule has 1 aliphatic heterocycles. The number of hydrogen-bond acceptors (Lipinski definition) is 3. The maximum atomic E-state index is 12.5. The van der Waals surface area contributed by atoms with Crippen molar-refractivity contribution in [3.8, 4) is 5.75 Å². The minimum atomic E-state index is -0.209. The number of hydrogen-bond donors (Lipinski definition) is 2. The molecule has 0 spiro atoms. The fraction of sp³-hybridized carbons (Fsp3) is 0.500. The van der Waals surface area contributed by atoms with Gasteiger partial charge in [0.1, 0.15) is 5.75 Å². The monoisotopic (exact) mass is 327 g/mol. The summed E-state index contributed by atoms with van der Waals surface area (Å²) >= 11 is 3.31. The molecule has 2 rings (SSSR count). The minimum absolute atomic E-state index is 0.0193. The number of carbonyl (C=O) groups is 1. The molecule has 104 valence electrons. The van der Waals surface area contributed by atoms with Crippen LogP contribution in [0.1, 0.15) is 36.0 Å². The molecule has 1 fully saturated rings. The van der Waals surface area contributed by atoms with Gasteiger partial charge in [0.15, 0.2) is 0 Å². The highest BCUT2D eigenvalue weighted by Gasteiger charge is 2.27. The fourth-order valence-corrected chi connectivity index (χ4v) is 2.83. The van der Waals surface area contributed by atoms with E-state index in [1.807, 2.05) is 0 Å². The maximum Gasteiger partial charge on any atom is 0.257 e. The van der Waals surface area contributed by atoms with Crippen molar-refractivity contribution in [1.82, 2.24) is 4.90 Å². The number of phenols is 1. The molecule has 0 radical (unpaired) electrons. The van der Waals surface area contributed by atoms with Gasteiger partial charge in [0, 0.05) is 11.0 Å². The smallest absolute Gasteiger partial charge is 0.257 e. The van der Waals surface area contributed by atoms with Crippen LogP contribution in [0.25, 0.3) is 0 Å². The molecular formula is C14H18BrNO3. The second-order valence-electron chi connectivity index (χ2n) is 4.85. The molecule has 0 aliphatic carbocycles. The number of rotatable bonds is 2. The number of phenolic OH excluding ortho intramolecular Hbond substituents is 1. The summed E-state index contributed by atoms with van der Waals surface area (Å²) in [7, 11) is 0. The van der Waals surface area contributed by atoms with Gasteiger partial charge in [-0.05, 0) is 31.0 Å². The first-order valence-corrected chi connectivity index (χ1v) is 7.33. The fourth-order valence-electron chi connectivity index (χ4n) is 2.47. The summed E-state index contributed by atoms with van der Waals surface area (Å²) in [6.45, 7) is 0.608. The van der Waals surface area contributed by atoms with E-state index in [9.17, 15) is 15.0 Å². The number of aliphatic hydroxyl groups excluding tert-OH is 1. The number of aromatic hydroxyl groups is 1. The summed E-state index contributed by atoms with van der Waals surface area (Å²) in [6, 6.07) is 4.67. The molecule has 4 nitrogen and oxygen atoms in total. The van der Waals surface area contributed by atoms with Crippen molar-refractivity contribution in [2.75, 3.05) is 13.2 Å². The van der Waals surface area contributed by atoms with Gasteiger partial charge in [0.2, 0.25) is 0 Å². The van der Waals surface area contributed by atoms with Crippen molar-refractivity contribution in [3.05, 3.63) is 28.2 Å². The highest BCUT2D eigenvalue weighted by atomic mass is 79.9. The molecule has 1 aromatic rings. The van der Waals surface area contributed by atoms with E-state index < -0.39 is 0 Å². The Hall–Kier alpha value is -1.07. The van der Waals surface area contributed by atoms with Crippen molar-refractivity contribution in [1.29, 1.82) is 0 Å². The van der Waals surface area contributed by atoms with E-state index in [0.717, 1.165) is 30.2 Å². The Bertz CT molecular complexity index is 464. The lowest BCUT2D eigenvalue weighted by Gasteiger charge is -2.29. The zero-order chi connectivity index (χ0) is 13.8. The number of likely N-dealkylation sites (tertiary alicyclic amines) is 1. The molecule has 1 amide bonds. The van der Waals surface area contributed by atoms with Crippen molar-refractivity contribution in [3.63, 3.8) is 0 Å². The molecule has 1 unspecified atom stereocenters. The summed E-state index contributed by atoms with van der Waals surface area (Å²) < 4.78 is 0.754. The largest absolute Gasteiger partial charge is 0.507 e. The van der Waals surface area contributed by atoms with E-state index in [4.69, 9.17) is 0 Å². The van der Waals surface area contributed by atoms with Gasteiger partial charge in [-0.1, -0.05) is 28.8 Å². The van der Waals surface area contributed by atoms with Gasteiger partial charge in [-0.25, -0.2) is 0 Å². The number of nitrogens with zero attached hydrogens (tertiary/aromatic N) is 1. The van der Waals surface area contributed by atoms with Crippen molar-refractivity contribution >= 4 is 21.8 Å². The summed E-state index contributed by atoms with van der Waals surface area (Å²) in [4.78, 5) is 14.2. The van der Waals surface area contributed by atoms with Gasteiger partial charge in [-0.3, -0.25) is 4.79 Å². The Kier molecular flexibility index (Phi) is 4.82. The standard InChI is InChI=1S/C14H18BrNO3/c15-10-5-6-13(18)12(8-10)14(19)16-7-3-1-2-4-11(16)9-17/h5-6,8,11,17-18H,1-4,7,9H2. The quantitative estimate of drug-likeness (QED) is 0.877. The van der Waals surface area contributed by atoms with Gasteiger partial charge in [0.25, 0.3) is 5.91 Å². The Balaban J connectivity index is 2.27. The molecule has 1 aliphatic rings. The van der Waals surface area contributed by atoms with Crippen LogP contribution in [0.15, 0.2) is 22.7 Å². The van der Waals surface area contributed by atoms with E-state index in [0.29, 0.717) is 6.54 Å². The SMILES string of the molecule is O=C(c1cc(Br)ccc1O)N1CCCCCC1CO. The highest BCUT2D eigenvalue weighted by molar-refractivity contribution is 9.10. The van der Waals surface area contributed by atoms with Crippen molar-refractivity contribution in [2.45, 2.75) is 31.7 Å². The average molecular weight is 328 g/mol. The Morgan fingerprint density at radius 3 is 2.89 bits per heavy atom. The van der Waals surface area contributed by atoms with E-state index in [2.05, 4.69) is 15.9 Å². The number of carbonyl (C=O) groups excluding carboxylic acids is 1. The van der Waals surface area contributed by atoms with E-state index in [1.54, 1.807) is 17.0 Å². The average Bonchev–Trinajstić information content (AvgIpc) is 2.65. The molecule has 0 saturated carbocycles. The molecule has 2 N–H and O–H groups in total. The van der Waals surface area contributed by atoms with E-state index in [1.165, 1.54) is 6.07 Å². The van der Waals surface area contributed by atoms with Gasteiger partial charge in [-0.2, -0.15) is 0 Å². The number of amides is 1. The van der Waals surface area contributed by atoms with Crippen LogP contribution in [0.3, 0.4) is 0 Å². The van der Waals surface area contributed by atoms with Crippen molar-refractivity contribution < 1.29 is 15.0 Å². The first-order chi connectivity index (χ1) is 9.13. The number of halogens is 1. The van der Waals surface area contributed by atoms with Gasteiger partial charge < -0.3 is 15.1 Å². The van der Waals surface area contributed by atoms with Crippen LogP contribution in [0, 0.1) is 0 Å².